The summed E-state index contributed by atoms with van der Waals surface area (Å²) in [5.74, 6) is -1.65. The van der Waals surface area contributed by atoms with Crippen LogP contribution in [-0.2, 0) is 9.47 Å². The molecular formula is C18H17FN2O3. The van der Waals surface area contributed by atoms with Crippen molar-refractivity contribution in [2.24, 2.45) is 0 Å². The molecule has 1 aliphatic heterocycles. The average Bonchev–Trinajstić information content (AvgIpc) is 2.94. The van der Waals surface area contributed by atoms with Crippen LogP contribution in [0.2, 0.25) is 0 Å². The van der Waals surface area contributed by atoms with E-state index in [0.717, 1.165) is 5.56 Å². The molecule has 1 aliphatic rings. The quantitative estimate of drug-likeness (QED) is 0.625. The van der Waals surface area contributed by atoms with Crippen LogP contribution in [0.3, 0.4) is 0 Å². The Morgan fingerprint density at radius 2 is 2.21 bits per heavy atom. The van der Waals surface area contributed by atoms with E-state index in [4.69, 9.17) is 9.47 Å². The van der Waals surface area contributed by atoms with Gasteiger partial charge in [-0.3, -0.25) is 0 Å². The fourth-order valence-corrected chi connectivity index (χ4v) is 2.61. The molecule has 24 heavy (non-hydrogen) atoms. The molecule has 0 N–H and O–H groups in total. The van der Waals surface area contributed by atoms with Crippen LogP contribution in [0, 0.1) is 5.95 Å². The molecule has 0 unspecified atom stereocenters. The Kier molecular flexibility index (Phi) is 4.34. The van der Waals surface area contributed by atoms with Gasteiger partial charge in [0.25, 0.3) is 0 Å². The van der Waals surface area contributed by atoms with Gasteiger partial charge in [0.2, 0.25) is 5.95 Å². The summed E-state index contributed by atoms with van der Waals surface area (Å²) >= 11 is 0. The van der Waals surface area contributed by atoms with Crippen molar-refractivity contribution >= 4 is 5.97 Å². The van der Waals surface area contributed by atoms with E-state index in [1.54, 1.807) is 0 Å². The lowest BCUT2D eigenvalue weighted by Gasteiger charge is -2.37. The lowest BCUT2D eigenvalue weighted by molar-refractivity contribution is -0.152. The topological polar surface area (TPSA) is 53.3 Å². The Bertz CT molecular complexity index is 790. The molecule has 1 atom stereocenters. The first-order chi connectivity index (χ1) is 11.6. The Morgan fingerprint density at radius 3 is 2.79 bits per heavy atom. The van der Waals surface area contributed by atoms with E-state index < -0.39 is 17.5 Å². The van der Waals surface area contributed by atoms with Crippen molar-refractivity contribution in [1.82, 2.24) is 9.55 Å². The lowest BCUT2D eigenvalue weighted by atomic mass is 10.0. The molecule has 0 amide bonds. The van der Waals surface area contributed by atoms with Crippen molar-refractivity contribution in [3.8, 4) is 0 Å². The second-order valence-corrected chi connectivity index (χ2v) is 5.67. The molecule has 3 rings (SSSR count). The highest BCUT2D eigenvalue weighted by Gasteiger charge is 2.42. The summed E-state index contributed by atoms with van der Waals surface area (Å²) in [5.41, 5.74) is 2.37. The van der Waals surface area contributed by atoms with E-state index >= 15 is 0 Å². The van der Waals surface area contributed by atoms with Crippen molar-refractivity contribution in [3.05, 3.63) is 72.3 Å². The Morgan fingerprint density at radius 1 is 1.50 bits per heavy atom. The van der Waals surface area contributed by atoms with Crippen LogP contribution in [0.1, 0.15) is 29.0 Å². The van der Waals surface area contributed by atoms with Crippen molar-refractivity contribution in [2.45, 2.75) is 18.6 Å². The van der Waals surface area contributed by atoms with Crippen LogP contribution in [0.25, 0.3) is 0 Å². The molecule has 6 heteroatoms. The van der Waals surface area contributed by atoms with E-state index in [2.05, 4.69) is 17.3 Å². The Hall–Kier alpha value is -2.69. The summed E-state index contributed by atoms with van der Waals surface area (Å²) in [6, 6.07) is 9.19. The molecule has 0 aliphatic carbocycles. The van der Waals surface area contributed by atoms with Gasteiger partial charge in [-0.2, -0.15) is 4.39 Å². The number of ether oxygens (including phenoxy) is 2. The number of hydrogen-bond donors (Lipinski definition) is 0. The number of rotatable bonds is 5. The Balaban J connectivity index is 1.90. The minimum atomic E-state index is -0.934. The summed E-state index contributed by atoms with van der Waals surface area (Å²) in [6.07, 6.45) is 2.82. The maximum Gasteiger partial charge on any atom is 0.360 e. The van der Waals surface area contributed by atoms with E-state index in [9.17, 15) is 9.18 Å². The van der Waals surface area contributed by atoms with Crippen molar-refractivity contribution < 1.29 is 18.7 Å². The maximum atomic E-state index is 14.1. The molecule has 0 radical (unpaired) electrons. The smallest absolute Gasteiger partial charge is 0.360 e. The molecule has 0 saturated carbocycles. The molecular weight excluding hydrogens is 311 g/mol. The minimum Gasteiger partial charge on any atom is -0.444 e. The second kappa shape index (κ2) is 6.43. The third-order valence-electron chi connectivity index (χ3n) is 4.00. The molecule has 1 aromatic heterocycles. The van der Waals surface area contributed by atoms with Crippen molar-refractivity contribution in [2.75, 3.05) is 13.2 Å². The summed E-state index contributed by atoms with van der Waals surface area (Å²) in [4.78, 5) is 16.1. The predicted octanol–water partition coefficient (Wildman–Crippen LogP) is 2.90. The standard InChI is InChI=1S/C18H17FN2O3/c1-3-9-18(10-23-11-18)24-17(22)15-16(19)20-12-21(15)13(2)14-7-5-4-6-8-14/h4-9,12-13H,1,10-11H2,2H3/t13-/m1/s1. The Labute approximate surface area is 139 Å². The lowest BCUT2D eigenvalue weighted by Crippen LogP contribution is -2.51. The zero-order chi connectivity index (χ0) is 17.2. The molecule has 1 saturated heterocycles. The minimum absolute atomic E-state index is 0.200. The van der Waals surface area contributed by atoms with Gasteiger partial charge in [-0.25, -0.2) is 9.78 Å². The fraction of sp³-hybridized carbons (Fsp3) is 0.278. The zero-order valence-corrected chi connectivity index (χ0v) is 13.2. The van der Waals surface area contributed by atoms with Crippen LogP contribution in [0.4, 0.5) is 4.39 Å². The number of hydrogen-bond acceptors (Lipinski definition) is 4. The summed E-state index contributed by atoms with van der Waals surface area (Å²) < 4.78 is 26.1. The van der Waals surface area contributed by atoms with Crippen LogP contribution < -0.4 is 0 Å². The maximum absolute atomic E-state index is 14.1. The molecule has 0 bridgehead atoms. The van der Waals surface area contributed by atoms with Gasteiger partial charge in [0.05, 0.1) is 25.6 Å². The van der Waals surface area contributed by atoms with Gasteiger partial charge in [0, 0.05) is 6.08 Å². The SMILES string of the molecule is C=C=CC1(OC(=O)c2c(F)ncn2[C@H](C)c2ccccc2)COC1. The van der Waals surface area contributed by atoms with Gasteiger partial charge in [-0.1, -0.05) is 36.9 Å². The summed E-state index contributed by atoms with van der Waals surface area (Å²) in [5, 5.41) is 0. The number of carbonyl (C=O) groups is 1. The average molecular weight is 328 g/mol. The van der Waals surface area contributed by atoms with Gasteiger partial charge in [-0.15, -0.1) is 5.73 Å². The van der Waals surface area contributed by atoms with Gasteiger partial charge < -0.3 is 14.0 Å². The van der Waals surface area contributed by atoms with Crippen molar-refractivity contribution in [1.29, 1.82) is 0 Å². The number of halogens is 1. The molecule has 1 fully saturated rings. The highest BCUT2D eigenvalue weighted by Crippen LogP contribution is 2.27. The highest BCUT2D eigenvalue weighted by molar-refractivity contribution is 5.88. The van der Waals surface area contributed by atoms with Crippen LogP contribution >= 0.6 is 0 Å². The molecule has 5 nitrogen and oxygen atoms in total. The third kappa shape index (κ3) is 2.89. The van der Waals surface area contributed by atoms with Gasteiger partial charge in [0.1, 0.15) is 0 Å². The van der Waals surface area contributed by atoms with Crippen molar-refractivity contribution in [3.63, 3.8) is 0 Å². The molecule has 2 aromatic rings. The van der Waals surface area contributed by atoms with Gasteiger partial charge >= 0.3 is 5.97 Å². The first kappa shape index (κ1) is 16.2. The van der Waals surface area contributed by atoms with E-state index in [1.165, 1.54) is 17.0 Å². The fourth-order valence-electron chi connectivity index (χ4n) is 2.61. The zero-order valence-electron chi connectivity index (χ0n) is 13.2. The second-order valence-electron chi connectivity index (χ2n) is 5.67. The number of aromatic nitrogens is 2. The molecule has 2 heterocycles. The monoisotopic (exact) mass is 328 g/mol. The van der Waals surface area contributed by atoms with Crippen LogP contribution in [0.15, 0.2) is 55.0 Å². The molecule has 1 aromatic carbocycles. The largest absolute Gasteiger partial charge is 0.444 e. The molecule has 124 valence electrons. The van der Waals surface area contributed by atoms with Gasteiger partial charge in [0.15, 0.2) is 11.3 Å². The first-order valence-electron chi connectivity index (χ1n) is 7.52. The third-order valence-corrected chi connectivity index (χ3v) is 4.00. The predicted molar refractivity (Wildman–Crippen MR) is 85.1 cm³/mol. The van der Waals surface area contributed by atoms with Crippen LogP contribution in [0.5, 0.6) is 0 Å². The first-order valence-corrected chi connectivity index (χ1v) is 7.52. The summed E-state index contributed by atoms with van der Waals surface area (Å²) in [6.45, 7) is 5.74. The summed E-state index contributed by atoms with van der Waals surface area (Å²) in [7, 11) is 0. The highest BCUT2D eigenvalue weighted by atomic mass is 19.1. The molecule has 0 spiro atoms. The number of esters is 1. The van der Waals surface area contributed by atoms with E-state index in [0.29, 0.717) is 0 Å². The number of imidazole rings is 1. The number of carbonyl (C=O) groups excluding carboxylic acids is 1. The van der Waals surface area contributed by atoms with Gasteiger partial charge in [-0.05, 0) is 12.5 Å². The number of nitrogens with zero attached hydrogens (tertiary/aromatic N) is 2. The number of benzene rings is 1. The normalized spacial score (nSPS) is 16.6. The van der Waals surface area contributed by atoms with E-state index in [-0.39, 0.29) is 24.9 Å². The van der Waals surface area contributed by atoms with Crippen LogP contribution in [-0.4, -0.2) is 34.3 Å². The van der Waals surface area contributed by atoms with E-state index in [1.807, 2.05) is 37.3 Å².